The van der Waals surface area contributed by atoms with E-state index in [0.29, 0.717) is 6.42 Å². The molecule has 0 heterocycles. The number of likely N-dealkylation sites (N-methyl/N-ethyl adjacent to an activating group) is 1. The molecule has 1 aliphatic rings. The highest BCUT2D eigenvalue weighted by atomic mass is 16.1. The maximum Gasteiger partial charge on any atom is 0.224 e. The van der Waals surface area contributed by atoms with Crippen LogP contribution in [0.15, 0.2) is 24.3 Å². The van der Waals surface area contributed by atoms with Crippen LogP contribution in [0.5, 0.6) is 0 Å². The summed E-state index contributed by atoms with van der Waals surface area (Å²) in [4.78, 5) is 11.5. The Labute approximate surface area is 122 Å². The van der Waals surface area contributed by atoms with Crippen LogP contribution in [0.3, 0.4) is 0 Å². The van der Waals surface area contributed by atoms with Gasteiger partial charge in [0.1, 0.15) is 0 Å². The summed E-state index contributed by atoms with van der Waals surface area (Å²) < 4.78 is 0. The van der Waals surface area contributed by atoms with Crippen molar-refractivity contribution in [2.45, 2.75) is 44.9 Å². The molecule has 0 unspecified atom stereocenters. The van der Waals surface area contributed by atoms with Gasteiger partial charge in [-0.25, -0.2) is 0 Å². The summed E-state index contributed by atoms with van der Waals surface area (Å²) in [6, 6.07) is 8.11. The summed E-state index contributed by atoms with van der Waals surface area (Å²) in [5.41, 5.74) is 2.18. The first-order valence-corrected chi connectivity index (χ1v) is 7.82. The number of carbonyl (C=O) groups is 1. The monoisotopic (exact) mass is 274 g/mol. The van der Waals surface area contributed by atoms with E-state index < -0.39 is 0 Å². The van der Waals surface area contributed by atoms with Gasteiger partial charge < -0.3 is 10.6 Å². The highest BCUT2D eigenvalue weighted by Gasteiger charge is 2.13. The van der Waals surface area contributed by atoms with Gasteiger partial charge in [-0.15, -0.1) is 0 Å². The van der Waals surface area contributed by atoms with E-state index in [1.807, 2.05) is 18.2 Å². The summed E-state index contributed by atoms with van der Waals surface area (Å²) in [5, 5.41) is 6.19. The molecule has 0 aliphatic heterocycles. The number of para-hydroxylation sites is 1. The molecule has 1 aromatic carbocycles. The summed E-state index contributed by atoms with van der Waals surface area (Å²) >= 11 is 0. The molecule has 3 heteroatoms. The molecule has 0 spiro atoms. The van der Waals surface area contributed by atoms with E-state index in [-0.39, 0.29) is 5.91 Å². The fourth-order valence-corrected chi connectivity index (χ4v) is 3.00. The van der Waals surface area contributed by atoms with E-state index in [0.717, 1.165) is 23.7 Å². The van der Waals surface area contributed by atoms with Gasteiger partial charge in [-0.2, -0.15) is 0 Å². The third-order valence-electron chi connectivity index (χ3n) is 4.24. The van der Waals surface area contributed by atoms with Crippen molar-refractivity contribution < 1.29 is 4.79 Å². The lowest BCUT2D eigenvalue weighted by Gasteiger charge is -2.22. The van der Waals surface area contributed by atoms with Crippen molar-refractivity contribution >= 4 is 11.6 Å². The largest absolute Gasteiger partial charge is 0.385 e. The lowest BCUT2D eigenvalue weighted by atomic mass is 9.87. The van der Waals surface area contributed by atoms with Crippen molar-refractivity contribution in [1.29, 1.82) is 0 Å². The zero-order valence-electron chi connectivity index (χ0n) is 12.5. The van der Waals surface area contributed by atoms with Crippen LogP contribution in [-0.2, 0) is 11.2 Å². The number of rotatable bonds is 6. The SMILES string of the molecule is CNC(=O)Cc1ccccc1NCCC1CCCCC1. The van der Waals surface area contributed by atoms with E-state index in [9.17, 15) is 4.79 Å². The number of hydrogen-bond acceptors (Lipinski definition) is 2. The number of anilines is 1. The summed E-state index contributed by atoms with van der Waals surface area (Å²) in [6.45, 7) is 1.01. The van der Waals surface area contributed by atoms with E-state index in [4.69, 9.17) is 0 Å². The number of hydrogen-bond donors (Lipinski definition) is 2. The van der Waals surface area contributed by atoms with Gasteiger partial charge in [0, 0.05) is 19.3 Å². The smallest absolute Gasteiger partial charge is 0.224 e. The van der Waals surface area contributed by atoms with Crippen molar-refractivity contribution in [3.05, 3.63) is 29.8 Å². The number of benzene rings is 1. The highest BCUT2D eigenvalue weighted by Crippen LogP contribution is 2.26. The predicted molar refractivity (Wildman–Crippen MR) is 83.9 cm³/mol. The topological polar surface area (TPSA) is 41.1 Å². The molecular weight excluding hydrogens is 248 g/mol. The summed E-state index contributed by atoms with van der Waals surface area (Å²) in [7, 11) is 1.68. The molecule has 3 nitrogen and oxygen atoms in total. The molecule has 1 aromatic rings. The van der Waals surface area contributed by atoms with E-state index in [1.54, 1.807) is 7.05 Å². The second-order valence-corrected chi connectivity index (χ2v) is 5.73. The molecule has 110 valence electrons. The van der Waals surface area contributed by atoms with Gasteiger partial charge in [-0.05, 0) is 24.0 Å². The second-order valence-electron chi connectivity index (χ2n) is 5.73. The van der Waals surface area contributed by atoms with Crippen molar-refractivity contribution in [3.8, 4) is 0 Å². The first kappa shape index (κ1) is 14.9. The molecule has 0 bridgehead atoms. The third kappa shape index (κ3) is 4.55. The van der Waals surface area contributed by atoms with E-state index >= 15 is 0 Å². The molecule has 0 aromatic heterocycles. The van der Waals surface area contributed by atoms with Crippen LogP contribution in [0.1, 0.15) is 44.1 Å². The zero-order valence-corrected chi connectivity index (χ0v) is 12.5. The van der Waals surface area contributed by atoms with Crippen molar-refractivity contribution in [3.63, 3.8) is 0 Å². The Bertz CT molecular complexity index is 425. The molecule has 1 fully saturated rings. The minimum absolute atomic E-state index is 0.0616. The lowest BCUT2D eigenvalue weighted by Crippen LogP contribution is -2.21. The Morgan fingerprint density at radius 2 is 1.95 bits per heavy atom. The first-order chi connectivity index (χ1) is 9.79. The van der Waals surface area contributed by atoms with Crippen LogP contribution in [0.4, 0.5) is 5.69 Å². The van der Waals surface area contributed by atoms with Gasteiger partial charge in [-0.3, -0.25) is 4.79 Å². The van der Waals surface area contributed by atoms with Crippen LogP contribution < -0.4 is 10.6 Å². The zero-order chi connectivity index (χ0) is 14.2. The standard InChI is InChI=1S/C17H26N2O/c1-18-17(20)13-15-9-5-6-10-16(15)19-12-11-14-7-3-2-4-8-14/h5-6,9-10,14,19H,2-4,7-8,11-13H2,1H3,(H,18,20). The Balaban J connectivity index is 1.83. The van der Waals surface area contributed by atoms with Gasteiger partial charge in [0.15, 0.2) is 0 Å². The predicted octanol–water partition coefficient (Wildman–Crippen LogP) is 3.36. The van der Waals surface area contributed by atoms with Crippen LogP contribution in [-0.4, -0.2) is 19.5 Å². The number of nitrogens with one attached hydrogen (secondary N) is 2. The fourth-order valence-electron chi connectivity index (χ4n) is 3.00. The Morgan fingerprint density at radius 3 is 2.70 bits per heavy atom. The molecule has 1 amide bonds. The molecule has 0 radical (unpaired) electrons. The van der Waals surface area contributed by atoms with Gasteiger partial charge in [0.2, 0.25) is 5.91 Å². The quantitative estimate of drug-likeness (QED) is 0.835. The lowest BCUT2D eigenvalue weighted by molar-refractivity contribution is -0.119. The van der Waals surface area contributed by atoms with Crippen LogP contribution in [0.2, 0.25) is 0 Å². The van der Waals surface area contributed by atoms with Gasteiger partial charge >= 0.3 is 0 Å². The molecule has 20 heavy (non-hydrogen) atoms. The van der Waals surface area contributed by atoms with Crippen molar-refractivity contribution in [2.75, 3.05) is 18.9 Å². The van der Waals surface area contributed by atoms with Gasteiger partial charge in [0.05, 0.1) is 6.42 Å². The molecule has 1 aliphatic carbocycles. The molecule has 2 rings (SSSR count). The highest BCUT2D eigenvalue weighted by molar-refractivity contribution is 5.80. The Hall–Kier alpha value is -1.51. The summed E-state index contributed by atoms with van der Waals surface area (Å²) in [5.74, 6) is 0.953. The number of carbonyl (C=O) groups excluding carboxylic acids is 1. The average molecular weight is 274 g/mol. The normalized spacial score (nSPS) is 15.8. The number of amides is 1. The Morgan fingerprint density at radius 1 is 1.20 bits per heavy atom. The summed E-state index contributed by atoms with van der Waals surface area (Å²) in [6.07, 6.45) is 8.69. The van der Waals surface area contributed by atoms with Crippen LogP contribution >= 0.6 is 0 Å². The van der Waals surface area contributed by atoms with Gasteiger partial charge in [-0.1, -0.05) is 50.3 Å². The van der Waals surface area contributed by atoms with Crippen molar-refractivity contribution in [1.82, 2.24) is 5.32 Å². The third-order valence-corrected chi connectivity index (χ3v) is 4.24. The van der Waals surface area contributed by atoms with Gasteiger partial charge in [0.25, 0.3) is 0 Å². The fraction of sp³-hybridized carbons (Fsp3) is 0.588. The molecule has 2 N–H and O–H groups in total. The molecular formula is C17H26N2O. The van der Waals surface area contributed by atoms with Crippen LogP contribution in [0.25, 0.3) is 0 Å². The Kier molecular flexibility index (Phi) is 5.90. The van der Waals surface area contributed by atoms with E-state index in [2.05, 4.69) is 16.7 Å². The maximum absolute atomic E-state index is 11.5. The minimum Gasteiger partial charge on any atom is -0.385 e. The molecule has 0 saturated heterocycles. The van der Waals surface area contributed by atoms with Crippen molar-refractivity contribution in [2.24, 2.45) is 5.92 Å². The maximum atomic E-state index is 11.5. The molecule has 1 saturated carbocycles. The minimum atomic E-state index is 0.0616. The first-order valence-electron chi connectivity index (χ1n) is 7.82. The average Bonchev–Trinajstić information content (AvgIpc) is 2.50. The molecule has 0 atom stereocenters. The van der Waals surface area contributed by atoms with Crippen LogP contribution in [0, 0.1) is 5.92 Å². The second kappa shape index (κ2) is 7.93. The van der Waals surface area contributed by atoms with E-state index in [1.165, 1.54) is 38.5 Å².